The highest BCUT2D eigenvalue weighted by molar-refractivity contribution is 5.92. The average molecular weight is 261 g/mol. The van der Waals surface area contributed by atoms with E-state index in [1.54, 1.807) is 0 Å². The molecule has 0 amide bonds. The van der Waals surface area contributed by atoms with Gasteiger partial charge in [-0.1, -0.05) is 55.5 Å². The summed E-state index contributed by atoms with van der Waals surface area (Å²) in [6, 6.07) is 19.2. The Morgan fingerprint density at radius 1 is 0.950 bits per heavy atom. The summed E-state index contributed by atoms with van der Waals surface area (Å²) in [7, 11) is 0. The van der Waals surface area contributed by atoms with Crippen LogP contribution in [0.5, 0.6) is 0 Å². The normalized spacial score (nSPS) is 11.5. The summed E-state index contributed by atoms with van der Waals surface area (Å²) in [5.41, 5.74) is 5.11. The first-order valence-corrected chi connectivity index (χ1v) is 7.15. The second-order valence-electron chi connectivity index (χ2n) is 5.00. The standard InChI is InChI=1S/C19H19N/c1-3-4-12-17-15(2)20(16-10-6-5-7-11-16)19-14-9-8-13-18(17)19/h4-14H,3H2,1-2H3/b12-4-. The second kappa shape index (κ2) is 5.38. The fourth-order valence-corrected chi connectivity index (χ4v) is 2.75. The number of rotatable bonds is 3. The summed E-state index contributed by atoms with van der Waals surface area (Å²) in [6.45, 7) is 4.37. The van der Waals surface area contributed by atoms with E-state index in [0.717, 1.165) is 6.42 Å². The number of hydrogen-bond donors (Lipinski definition) is 0. The van der Waals surface area contributed by atoms with Crippen molar-refractivity contribution in [2.75, 3.05) is 0 Å². The molecule has 3 aromatic rings. The molecule has 1 nitrogen and oxygen atoms in total. The number of aromatic nitrogens is 1. The second-order valence-corrected chi connectivity index (χ2v) is 5.00. The Morgan fingerprint density at radius 2 is 1.65 bits per heavy atom. The van der Waals surface area contributed by atoms with Crippen molar-refractivity contribution < 1.29 is 0 Å². The molecule has 0 bridgehead atoms. The third kappa shape index (κ3) is 2.05. The zero-order valence-corrected chi connectivity index (χ0v) is 12.0. The van der Waals surface area contributed by atoms with Crippen molar-refractivity contribution in [3.05, 3.63) is 71.9 Å². The average Bonchev–Trinajstić information content (AvgIpc) is 2.78. The molecule has 0 aliphatic rings. The molecule has 0 saturated carbocycles. The third-order valence-electron chi connectivity index (χ3n) is 3.69. The molecule has 1 heteroatoms. The molecule has 20 heavy (non-hydrogen) atoms. The summed E-state index contributed by atoms with van der Waals surface area (Å²) in [5.74, 6) is 0. The summed E-state index contributed by atoms with van der Waals surface area (Å²) in [4.78, 5) is 0. The van der Waals surface area contributed by atoms with Crippen LogP contribution in [0, 0.1) is 6.92 Å². The number of allylic oxidation sites excluding steroid dienone is 1. The van der Waals surface area contributed by atoms with Crippen molar-refractivity contribution in [2.45, 2.75) is 20.3 Å². The van der Waals surface area contributed by atoms with Crippen LogP contribution in [0.15, 0.2) is 60.7 Å². The van der Waals surface area contributed by atoms with Gasteiger partial charge in [0, 0.05) is 22.3 Å². The number of hydrogen-bond acceptors (Lipinski definition) is 0. The summed E-state index contributed by atoms with van der Waals surface area (Å²) < 4.78 is 2.34. The van der Waals surface area contributed by atoms with Gasteiger partial charge in [-0.15, -0.1) is 0 Å². The molecule has 100 valence electrons. The maximum atomic E-state index is 2.34. The third-order valence-corrected chi connectivity index (χ3v) is 3.69. The quantitative estimate of drug-likeness (QED) is 0.598. The largest absolute Gasteiger partial charge is 0.313 e. The van der Waals surface area contributed by atoms with E-state index < -0.39 is 0 Å². The number of fused-ring (bicyclic) bond motifs is 1. The van der Waals surface area contributed by atoms with Crippen molar-refractivity contribution >= 4 is 17.0 Å². The van der Waals surface area contributed by atoms with Gasteiger partial charge in [0.15, 0.2) is 0 Å². The summed E-state index contributed by atoms with van der Waals surface area (Å²) in [5, 5.41) is 1.32. The van der Waals surface area contributed by atoms with Gasteiger partial charge in [0.25, 0.3) is 0 Å². The predicted octanol–water partition coefficient (Wildman–Crippen LogP) is 5.36. The fraction of sp³-hybridized carbons (Fsp3) is 0.158. The van der Waals surface area contributed by atoms with Gasteiger partial charge in [-0.2, -0.15) is 0 Å². The van der Waals surface area contributed by atoms with E-state index in [-0.39, 0.29) is 0 Å². The van der Waals surface area contributed by atoms with Crippen molar-refractivity contribution in [3.8, 4) is 5.69 Å². The van der Waals surface area contributed by atoms with E-state index in [0.29, 0.717) is 0 Å². The van der Waals surface area contributed by atoms with Crippen LogP contribution in [0.4, 0.5) is 0 Å². The van der Waals surface area contributed by atoms with Crippen LogP contribution >= 0.6 is 0 Å². The molecular formula is C19H19N. The molecule has 0 N–H and O–H groups in total. The summed E-state index contributed by atoms with van der Waals surface area (Å²) >= 11 is 0. The number of nitrogens with zero attached hydrogens (tertiary/aromatic N) is 1. The van der Waals surface area contributed by atoms with Crippen LogP contribution in [-0.2, 0) is 0 Å². The Kier molecular flexibility index (Phi) is 3.42. The lowest BCUT2D eigenvalue weighted by atomic mass is 10.1. The fourth-order valence-electron chi connectivity index (χ4n) is 2.75. The monoisotopic (exact) mass is 261 g/mol. The first kappa shape index (κ1) is 12.7. The maximum absolute atomic E-state index is 2.34. The van der Waals surface area contributed by atoms with Crippen molar-refractivity contribution in [2.24, 2.45) is 0 Å². The van der Waals surface area contributed by atoms with Crippen LogP contribution in [0.1, 0.15) is 24.6 Å². The van der Waals surface area contributed by atoms with Crippen molar-refractivity contribution in [1.82, 2.24) is 4.57 Å². The van der Waals surface area contributed by atoms with Gasteiger partial charge in [-0.3, -0.25) is 0 Å². The van der Waals surface area contributed by atoms with Gasteiger partial charge in [0.2, 0.25) is 0 Å². The molecule has 0 unspecified atom stereocenters. The highest BCUT2D eigenvalue weighted by Crippen LogP contribution is 2.30. The van der Waals surface area contributed by atoms with Crippen LogP contribution in [0.25, 0.3) is 22.7 Å². The Morgan fingerprint density at radius 3 is 2.40 bits per heavy atom. The number of benzene rings is 2. The minimum atomic E-state index is 1.06. The maximum Gasteiger partial charge on any atom is 0.0537 e. The predicted molar refractivity (Wildman–Crippen MR) is 87.3 cm³/mol. The first-order valence-electron chi connectivity index (χ1n) is 7.15. The molecule has 3 rings (SSSR count). The van der Waals surface area contributed by atoms with Crippen molar-refractivity contribution in [3.63, 3.8) is 0 Å². The molecular weight excluding hydrogens is 242 g/mol. The Balaban J connectivity index is 2.33. The van der Waals surface area contributed by atoms with Crippen LogP contribution in [0.3, 0.4) is 0 Å². The van der Waals surface area contributed by atoms with Crippen LogP contribution in [-0.4, -0.2) is 4.57 Å². The van der Waals surface area contributed by atoms with E-state index in [1.165, 1.54) is 27.8 Å². The van der Waals surface area contributed by atoms with Crippen LogP contribution < -0.4 is 0 Å². The molecule has 0 atom stereocenters. The van der Waals surface area contributed by atoms with E-state index in [2.05, 4.69) is 85.2 Å². The highest BCUT2D eigenvalue weighted by Gasteiger charge is 2.12. The molecule has 0 radical (unpaired) electrons. The Bertz CT molecular complexity index is 748. The molecule has 0 saturated heterocycles. The van der Waals surface area contributed by atoms with Gasteiger partial charge in [-0.25, -0.2) is 0 Å². The molecule has 0 fully saturated rings. The van der Waals surface area contributed by atoms with Gasteiger partial charge in [0.05, 0.1) is 5.52 Å². The van der Waals surface area contributed by atoms with Gasteiger partial charge in [-0.05, 0) is 31.5 Å². The molecule has 1 aromatic heterocycles. The van der Waals surface area contributed by atoms with E-state index in [4.69, 9.17) is 0 Å². The lowest BCUT2D eigenvalue weighted by molar-refractivity contribution is 1.05. The smallest absolute Gasteiger partial charge is 0.0537 e. The number of para-hydroxylation sites is 2. The Hall–Kier alpha value is -2.28. The first-order chi connectivity index (χ1) is 9.83. The Labute approximate surface area is 120 Å². The molecule has 2 aromatic carbocycles. The minimum Gasteiger partial charge on any atom is -0.313 e. The minimum absolute atomic E-state index is 1.06. The van der Waals surface area contributed by atoms with Gasteiger partial charge in [0.1, 0.15) is 0 Å². The van der Waals surface area contributed by atoms with Gasteiger partial charge < -0.3 is 4.57 Å². The zero-order chi connectivity index (χ0) is 13.9. The molecule has 0 spiro atoms. The SMILES string of the molecule is CC/C=C\c1c(C)n(-c2ccccc2)c2ccccc12. The van der Waals surface area contributed by atoms with Gasteiger partial charge >= 0.3 is 0 Å². The lowest BCUT2D eigenvalue weighted by Crippen LogP contribution is -1.95. The van der Waals surface area contributed by atoms with E-state index in [9.17, 15) is 0 Å². The van der Waals surface area contributed by atoms with Crippen LogP contribution in [0.2, 0.25) is 0 Å². The highest BCUT2D eigenvalue weighted by atomic mass is 15.0. The molecule has 0 aliphatic carbocycles. The topological polar surface area (TPSA) is 4.93 Å². The lowest BCUT2D eigenvalue weighted by Gasteiger charge is -2.08. The molecule has 1 heterocycles. The van der Waals surface area contributed by atoms with E-state index in [1.807, 2.05) is 0 Å². The summed E-state index contributed by atoms with van der Waals surface area (Å²) in [6.07, 6.45) is 5.53. The van der Waals surface area contributed by atoms with Crippen molar-refractivity contribution in [1.29, 1.82) is 0 Å². The molecule has 0 aliphatic heterocycles. The van der Waals surface area contributed by atoms with E-state index >= 15 is 0 Å². The zero-order valence-electron chi connectivity index (χ0n) is 12.0.